The van der Waals surface area contributed by atoms with E-state index < -0.39 is 0 Å². The summed E-state index contributed by atoms with van der Waals surface area (Å²) >= 11 is 1.58. The molecule has 1 heterocycles. The van der Waals surface area contributed by atoms with Crippen LogP contribution in [0.2, 0.25) is 0 Å². The fourth-order valence-corrected chi connectivity index (χ4v) is 3.91. The van der Waals surface area contributed by atoms with Gasteiger partial charge in [-0.1, -0.05) is 17.4 Å². The summed E-state index contributed by atoms with van der Waals surface area (Å²) in [4.78, 5) is 17.8. The van der Waals surface area contributed by atoms with Crippen molar-refractivity contribution in [3.63, 3.8) is 0 Å². The molecule has 0 fully saturated rings. The van der Waals surface area contributed by atoms with Gasteiger partial charge in [0.15, 0.2) is 4.80 Å². The zero-order chi connectivity index (χ0) is 17.4. The fourth-order valence-electron chi connectivity index (χ4n) is 2.74. The Bertz CT molecular complexity index is 1010. The molecule has 0 bridgehead atoms. The van der Waals surface area contributed by atoms with Gasteiger partial charge in [-0.25, -0.2) is 0 Å². The Labute approximate surface area is 146 Å². The van der Waals surface area contributed by atoms with Crippen LogP contribution in [0.3, 0.4) is 0 Å². The molecule has 24 heavy (non-hydrogen) atoms. The maximum atomic E-state index is 12.6. The smallest absolute Gasteiger partial charge is 0.279 e. The Morgan fingerprint density at radius 1 is 1.00 bits per heavy atom. The predicted octanol–water partition coefficient (Wildman–Crippen LogP) is 4.70. The van der Waals surface area contributed by atoms with Crippen molar-refractivity contribution in [2.24, 2.45) is 4.99 Å². The number of amides is 1. The van der Waals surface area contributed by atoms with Gasteiger partial charge in [0.05, 0.1) is 10.2 Å². The summed E-state index contributed by atoms with van der Waals surface area (Å²) in [6, 6.07) is 10.1. The van der Waals surface area contributed by atoms with Gasteiger partial charge in [0.25, 0.3) is 5.91 Å². The Kier molecular flexibility index (Phi) is 4.41. The molecular weight excluding hydrogens is 316 g/mol. The maximum absolute atomic E-state index is 12.6. The number of carbonyl (C=O) groups is 1. The van der Waals surface area contributed by atoms with Gasteiger partial charge in [0, 0.05) is 12.1 Å². The number of aryl methyl sites for hydroxylation is 5. The van der Waals surface area contributed by atoms with E-state index in [1.807, 2.05) is 32.0 Å². The number of fused-ring (bicyclic) bond motifs is 1. The Hall–Kier alpha value is -2.20. The van der Waals surface area contributed by atoms with Crippen molar-refractivity contribution >= 4 is 27.5 Å². The van der Waals surface area contributed by atoms with Crippen LogP contribution >= 0.6 is 11.3 Å². The number of hydrogen-bond acceptors (Lipinski definition) is 2. The number of carbonyl (C=O) groups excluding carboxylic acids is 1. The SMILES string of the molecule is CCn1c(=NC(=O)c2ccc(C)c(C)c2)sc2cc(C)c(C)cc21. The Morgan fingerprint density at radius 2 is 1.67 bits per heavy atom. The number of thiazole rings is 1. The zero-order valence-corrected chi connectivity index (χ0v) is 15.6. The molecule has 1 aromatic heterocycles. The lowest BCUT2D eigenvalue weighted by Gasteiger charge is -2.04. The standard InChI is InChI=1S/C20H22N2OS/c1-6-22-17-10-14(4)15(5)11-18(17)24-20(22)21-19(23)16-8-7-12(2)13(3)9-16/h7-11H,6H2,1-5H3. The lowest BCUT2D eigenvalue weighted by Crippen LogP contribution is -2.16. The summed E-state index contributed by atoms with van der Waals surface area (Å²) in [7, 11) is 0. The summed E-state index contributed by atoms with van der Waals surface area (Å²) in [5.41, 5.74) is 6.61. The third kappa shape index (κ3) is 2.94. The van der Waals surface area contributed by atoms with Gasteiger partial charge in [0.2, 0.25) is 0 Å². The summed E-state index contributed by atoms with van der Waals surface area (Å²) in [6.45, 7) is 11.2. The predicted molar refractivity (Wildman–Crippen MR) is 101 cm³/mol. The molecule has 4 heteroatoms. The second-order valence-electron chi connectivity index (χ2n) is 6.25. The second kappa shape index (κ2) is 6.36. The van der Waals surface area contributed by atoms with Gasteiger partial charge >= 0.3 is 0 Å². The van der Waals surface area contributed by atoms with Gasteiger partial charge in [-0.15, -0.1) is 0 Å². The van der Waals surface area contributed by atoms with E-state index in [1.54, 1.807) is 11.3 Å². The van der Waals surface area contributed by atoms with Gasteiger partial charge < -0.3 is 4.57 Å². The molecule has 0 saturated heterocycles. The monoisotopic (exact) mass is 338 g/mol. The van der Waals surface area contributed by atoms with Crippen LogP contribution in [-0.2, 0) is 6.54 Å². The van der Waals surface area contributed by atoms with Crippen molar-refractivity contribution in [2.75, 3.05) is 0 Å². The quantitative estimate of drug-likeness (QED) is 0.667. The van der Waals surface area contributed by atoms with Crippen molar-refractivity contribution in [1.29, 1.82) is 0 Å². The highest BCUT2D eigenvalue weighted by molar-refractivity contribution is 7.16. The number of nitrogens with zero attached hydrogens (tertiary/aromatic N) is 2. The second-order valence-corrected chi connectivity index (χ2v) is 7.26. The molecule has 0 aliphatic carbocycles. The first-order valence-electron chi connectivity index (χ1n) is 8.17. The van der Waals surface area contributed by atoms with Crippen molar-refractivity contribution in [2.45, 2.75) is 41.2 Å². The summed E-state index contributed by atoms with van der Waals surface area (Å²) in [5, 5.41) is 0. The number of rotatable bonds is 2. The minimum atomic E-state index is -0.180. The molecule has 3 aromatic rings. The molecule has 0 N–H and O–H groups in total. The topological polar surface area (TPSA) is 34.4 Å². The highest BCUT2D eigenvalue weighted by Gasteiger charge is 2.10. The average molecular weight is 338 g/mol. The van der Waals surface area contributed by atoms with E-state index >= 15 is 0 Å². The largest absolute Gasteiger partial charge is 0.317 e. The van der Waals surface area contributed by atoms with E-state index in [2.05, 4.69) is 42.5 Å². The van der Waals surface area contributed by atoms with Crippen LogP contribution in [0.5, 0.6) is 0 Å². The van der Waals surface area contributed by atoms with Crippen LogP contribution in [0.15, 0.2) is 35.3 Å². The van der Waals surface area contributed by atoms with E-state index in [9.17, 15) is 4.79 Å². The van der Waals surface area contributed by atoms with Gasteiger partial charge in [-0.2, -0.15) is 4.99 Å². The molecule has 0 spiro atoms. The summed E-state index contributed by atoms with van der Waals surface area (Å²) in [6.07, 6.45) is 0. The molecule has 0 unspecified atom stereocenters. The molecule has 0 radical (unpaired) electrons. The molecule has 0 aliphatic heterocycles. The van der Waals surface area contributed by atoms with Crippen LogP contribution < -0.4 is 4.80 Å². The Balaban J connectivity index is 2.15. The lowest BCUT2D eigenvalue weighted by atomic mass is 10.1. The lowest BCUT2D eigenvalue weighted by molar-refractivity contribution is 0.0998. The van der Waals surface area contributed by atoms with Crippen LogP contribution in [-0.4, -0.2) is 10.5 Å². The maximum Gasteiger partial charge on any atom is 0.279 e. The molecule has 3 rings (SSSR count). The minimum absolute atomic E-state index is 0.180. The average Bonchev–Trinajstić information content (AvgIpc) is 2.86. The van der Waals surface area contributed by atoms with E-state index in [1.165, 1.54) is 21.4 Å². The van der Waals surface area contributed by atoms with E-state index in [0.29, 0.717) is 5.56 Å². The molecule has 0 saturated carbocycles. The van der Waals surface area contributed by atoms with Crippen LogP contribution in [0.1, 0.15) is 39.5 Å². The van der Waals surface area contributed by atoms with Crippen molar-refractivity contribution < 1.29 is 4.79 Å². The number of benzene rings is 2. The summed E-state index contributed by atoms with van der Waals surface area (Å²) < 4.78 is 3.29. The van der Waals surface area contributed by atoms with Crippen molar-refractivity contribution in [3.05, 3.63) is 63.0 Å². The Morgan fingerprint density at radius 3 is 2.33 bits per heavy atom. The normalized spacial score (nSPS) is 12.1. The molecule has 0 aliphatic rings. The highest BCUT2D eigenvalue weighted by atomic mass is 32.1. The summed E-state index contributed by atoms with van der Waals surface area (Å²) in [5.74, 6) is -0.180. The van der Waals surface area contributed by atoms with Gasteiger partial charge in [-0.3, -0.25) is 4.79 Å². The molecule has 2 aromatic carbocycles. The van der Waals surface area contributed by atoms with Crippen molar-refractivity contribution in [1.82, 2.24) is 4.57 Å². The fraction of sp³-hybridized carbons (Fsp3) is 0.300. The molecular formula is C20H22N2OS. The first-order valence-corrected chi connectivity index (χ1v) is 8.99. The van der Waals surface area contributed by atoms with E-state index in [-0.39, 0.29) is 5.91 Å². The first kappa shape index (κ1) is 16.7. The van der Waals surface area contributed by atoms with Crippen molar-refractivity contribution in [3.8, 4) is 0 Å². The van der Waals surface area contributed by atoms with E-state index in [0.717, 1.165) is 22.4 Å². The zero-order valence-electron chi connectivity index (χ0n) is 14.8. The van der Waals surface area contributed by atoms with Gasteiger partial charge in [-0.05, 0) is 81.1 Å². The van der Waals surface area contributed by atoms with Crippen LogP contribution in [0.25, 0.3) is 10.2 Å². The minimum Gasteiger partial charge on any atom is -0.317 e. The first-order chi connectivity index (χ1) is 11.4. The molecule has 3 nitrogen and oxygen atoms in total. The third-order valence-corrected chi connectivity index (χ3v) is 5.61. The van der Waals surface area contributed by atoms with Crippen LogP contribution in [0.4, 0.5) is 0 Å². The van der Waals surface area contributed by atoms with Gasteiger partial charge in [0.1, 0.15) is 0 Å². The highest BCUT2D eigenvalue weighted by Crippen LogP contribution is 2.22. The number of aromatic nitrogens is 1. The van der Waals surface area contributed by atoms with E-state index in [4.69, 9.17) is 0 Å². The third-order valence-electron chi connectivity index (χ3n) is 4.57. The molecule has 1 amide bonds. The molecule has 0 atom stereocenters. The van der Waals surface area contributed by atoms with Crippen LogP contribution in [0, 0.1) is 27.7 Å². The molecule has 124 valence electrons. The number of hydrogen-bond donors (Lipinski definition) is 0.